The zero-order chi connectivity index (χ0) is 9.84. The first-order valence-electron chi connectivity index (χ1n) is 5.17. The SMILES string of the molecule is COCCN(C1CC1)C(C)C(C)N. The van der Waals surface area contributed by atoms with Gasteiger partial charge in [0.25, 0.3) is 0 Å². The number of nitrogens with two attached hydrogens (primary N) is 1. The van der Waals surface area contributed by atoms with Crippen LogP contribution in [0.1, 0.15) is 26.7 Å². The Labute approximate surface area is 81.2 Å². The molecule has 0 amide bonds. The van der Waals surface area contributed by atoms with Gasteiger partial charge in [-0.25, -0.2) is 0 Å². The van der Waals surface area contributed by atoms with Gasteiger partial charge in [-0.05, 0) is 26.7 Å². The molecule has 13 heavy (non-hydrogen) atoms. The molecular weight excluding hydrogens is 164 g/mol. The molecule has 0 aliphatic heterocycles. The zero-order valence-electron chi connectivity index (χ0n) is 8.99. The number of methoxy groups -OCH3 is 1. The third-order valence-electron chi connectivity index (χ3n) is 2.85. The molecule has 3 nitrogen and oxygen atoms in total. The van der Waals surface area contributed by atoms with Crippen LogP contribution in [0.15, 0.2) is 0 Å². The van der Waals surface area contributed by atoms with E-state index >= 15 is 0 Å². The lowest BCUT2D eigenvalue weighted by Gasteiger charge is -2.31. The van der Waals surface area contributed by atoms with Crippen LogP contribution in [0.3, 0.4) is 0 Å². The molecule has 1 aliphatic rings. The lowest BCUT2D eigenvalue weighted by atomic mass is 10.1. The van der Waals surface area contributed by atoms with Crippen molar-refractivity contribution in [2.45, 2.75) is 44.8 Å². The van der Waals surface area contributed by atoms with Crippen LogP contribution in [0.4, 0.5) is 0 Å². The second-order valence-corrected chi connectivity index (χ2v) is 4.06. The topological polar surface area (TPSA) is 38.5 Å². The van der Waals surface area contributed by atoms with Gasteiger partial charge in [-0.15, -0.1) is 0 Å². The Bertz CT molecular complexity index is 146. The van der Waals surface area contributed by atoms with Crippen molar-refractivity contribution in [3.63, 3.8) is 0 Å². The molecule has 3 heteroatoms. The van der Waals surface area contributed by atoms with Gasteiger partial charge in [-0.1, -0.05) is 0 Å². The molecule has 0 aromatic carbocycles. The van der Waals surface area contributed by atoms with E-state index in [1.54, 1.807) is 7.11 Å². The Kier molecular flexibility index (Phi) is 4.16. The smallest absolute Gasteiger partial charge is 0.0589 e. The number of ether oxygens (including phenoxy) is 1. The summed E-state index contributed by atoms with van der Waals surface area (Å²) in [6.07, 6.45) is 2.67. The van der Waals surface area contributed by atoms with E-state index in [4.69, 9.17) is 10.5 Å². The van der Waals surface area contributed by atoms with Crippen molar-refractivity contribution in [1.29, 1.82) is 0 Å². The average Bonchev–Trinajstić information content (AvgIpc) is 2.88. The van der Waals surface area contributed by atoms with Gasteiger partial charge in [0.15, 0.2) is 0 Å². The van der Waals surface area contributed by atoms with Crippen LogP contribution in [0.25, 0.3) is 0 Å². The van der Waals surface area contributed by atoms with Crippen LogP contribution in [-0.2, 0) is 4.74 Å². The molecule has 1 rings (SSSR count). The summed E-state index contributed by atoms with van der Waals surface area (Å²) in [7, 11) is 1.75. The largest absolute Gasteiger partial charge is 0.383 e. The fourth-order valence-corrected chi connectivity index (χ4v) is 1.62. The minimum absolute atomic E-state index is 0.248. The van der Waals surface area contributed by atoms with Crippen molar-refractivity contribution in [2.24, 2.45) is 5.73 Å². The molecule has 0 heterocycles. The second-order valence-electron chi connectivity index (χ2n) is 4.06. The van der Waals surface area contributed by atoms with Crippen LogP contribution in [-0.4, -0.2) is 43.3 Å². The van der Waals surface area contributed by atoms with Gasteiger partial charge in [0.1, 0.15) is 0 Å². The van der Waals surface area contributed by atoms with Crippen LogP contribution < -0.4 is 5.73 Å². The van der Waals surface area contributed by atoms with Gasteiger partial charge in [0.2, 0.25) is 0 Å². The second kappa shape index (κ2) is 4.94. The van der Waals surface area contributed by atoms with E-state index < -0.39 is 0 Å². The maximum absolute atomic E-state index is 5.89. The third-order valence-corrected chi connectivity index (χ3v) is 2.85. The molecule has 0 spiro atoms. The quantitative estimate of drug-likeness (QED) is 0.668. The van der Waals surface area contributed by atoms with Crippen molar-refractivity contribution in [1.82, 2.24) is 4.90 Å². The molecule has 0 aromatic rings. The fraction of sp³-hybridized carbons (Fsp3) is 1.00. The molecule has 78 valence electrons. The predicted molar refractivity (Wildman–Crippen MR) is 54.7 cm³/mol. The molecular formula is C10H22N2O. The van der Waals surface area contributed by atoms with Gasteiger partial charge in [-0.3, -0.25) is 4.90 Å². The Hall–Kier alpha value is -0.120. The summed E-state index contributed by atoms with van der Waals surface area (Å²) in [6.45, 7) is 6.11. The Morgan fingerprint density at radius 1 is 1.46 bits per heavy atom. The summed E-state index contributed by atoms with van der Waals surface area (Å²) in [4.78, 5) is 2.48. The Morgan fingerprint density at radius 2 is 2.08 bits per heavy atom. The van der Waals surface area contributed by atoms with Crippen LogP contribution in [0.5, 0.6) is 0 Å². The highest BCUT2D eigenvalue weighted by Crippen LogP contribution is 2.28. The molecule has 1 saturated carbocycles. The third kappa shape index (κ3) is 3.25. The van der Waals surface area contributed by atoms with Crippen LogP contribution >= 0.6 is 0 Å². The summed E-state index contributed by atoms with van der Waals surface area (Å²) >= 11 is 0. The fourth-order valence-electron chi connectivity index (χ4n) is 1.62. The van der Waals surface area contributed by atoms with Crippen molar-refractivity contribution >= 4 is 0 Å². The maximum Gasteiger partial charge on any atom is 0.0589 e. The maximum atomic E-state index is 5.89. The van der Waals surface area contributed by atoms with Gasteiger partial charge in [0, 0.05) is 31.8 Å². The molecule has 2 unspecified atom stereocenters. The number of hydrogen-bond donors (Lipinski definition) is 1. The Morgan fingerprint density at radius 3 is 2.46 bits per heavy atom. The highest BCUT2D eigenvalue weighted by atomic mass is 16.5. The first kappa shape index (κ1) is 11.0. The summed E-state index contributed by atoms with van der Waals surface area (Å²) in [5.41, 5.74) is 5.89. The predicted octanol–water partition coefficient (Wildman–Crippen LogP) is 0.833. The summed E-state index contributed by atoms with van der Waals surface area (Å²) in [6, 6.07) is 1.50. The standard InChI is InChI=1S/C10H22N2O/c1-8(11)9(2)12(6-7-13-3)10-4-5-10/h8-10H,4-7,11H2,1-3H3. The van der Waals surface area contributed by atoms with E-state index in [0.717, 1.165) is 19.2 Å². The summed E-state index contributed by atoms with van der Waals surface area (Å²) < 4.78 is 5.10. The molecule has 1 aliphatic carbocycles. The minimum Gasteiger partial charge on any atom is -0.383 e. The first-order chi connectivity index (χ1) is 6.16. The molecule has 2 N–H and O–H groups in total. The van der Waals surface area contributed by atoms with Gasteiger partial charge >= 0.3 is 0 Å². The van der Waals surface area contributed by atoms with E-state index in [0.29, 0.717) is 6.04 Å². The number of rotatable bonds is 6. The van der Waals surface area contributed by atoms with E-state index in [-0.39, 0.29) is 6.04 Å². The van der Waals surface area contributed by atoms with E-state index in [1.807, 2.05) is 0 Å². The van der Waals surface area contributed by atoms with E-state index in [1.165, 1.54) is 12.8 Å². The Balaban J connectivity index is 2.36. The van der Waals surface area contributed by atoms with Crippen molar-refractivity contribution in [3.8, 4) is 0 Å². The lowest BCUT2D eigenvalue weighted by molar-refractivity contribution is 0.111. The molecule has 1 fully saturated rings. The van der Waals surface area contributed by atoms with Gasteiger partial charge in [0.05, 0.1) is 6.61 Å². The molecule has 0 radical (unpaired) electrons. The monoisotopic (exact) mass is 186 g/mol. The normalized spacial score (nSPS) is 21.9. The molecule has 2 atom stereocenters. The zero-order valence-corrected chi connectivity index (χ0v) is 8.99. The van der Waals surface area contributed by atoms with Crippen LogP contribution in [0, 0.1) is 0 Å². The van der Waals surface area contributed by atoms with E-state index in [2.05, 4.69) is 18.7 Å². The van der Waals surface area contributed by atoms with Crippen molar-refractivity contribution < 1.29 is 4.74 Å². The average molecular weight is 186 g/mol. The van der Waals surface area contributed by atoms with Crippen LogP contribution in [0.2, 0.25) is 0 Å². The lowest BCUT2D eigenvalue weighted by Crippen LogP contribution is -2.46. The van der Waals surface area contributed by atoms with Crippen molar-refractivity contribution in [2.75, 3.05) is 20.3 Å². The van der Waals surface area contributed by atoms with Gasteiger partial charge < -0.3 is 10.5 Å². The molecule has 0 saturated heterocycles. The highest BCUT2D eigenvalue weighted by Gasteiger charge is 2.32. The van der Waals surface area contributed by atoms with Gasteiger partial charge in [-0.2, -0.15) is 0 Å². The summed E-state index contributed by atoms with van der Waals surface area (Å²) in [5.74, 6) is 0. The van der Waals surface area contributed by atoms with E-state index in [9.17, 15) is 0 Å². The number of nitrogens with zero attached hydrogens (tertiary/aromatic N) is 1. The first-order valence-corrected chi connectivity index (χ1v) is 5.17. The highest BCUT2D eigenvalue weighted by molar-refractivity contribution is 4.89. The number of hydrogen-bond acceptors (Lipinski definition) is 3. The minimum atomic E-state index is 0.248. The summed E-state index contributed by atoms with van der Waals surface area (Å²) in [5, 5.41) is 0. The molecule has 0 bridgehead atoms. The van der Waals surface area contributed by atoms with Crippen molar-refractivity contribution in [3.05, 3.63) is 0 Å². The molecule has 0 aromatic heterocycles.